The third kappa shape index (κ3) is 8.12. The number of hydrogen-bond acceptors (Lipinski definition) is 8. The summed E-state index contributed by atoms with van der Waals surface area (Å²) in [5.41, 5.74) is 13.0. The molecule has 0 bridgehead atoms. The molecule has 2 heterocycles. The van der Waals surface area contributed by atoms with E-state index < -0.39 is 60.4 Å². The second-order valence-electron chi connectivity index (χ2n) is 9.16. The van der Waals surface area contributed by atoms with E-state index in [1.807, 2.05) is 24.3 Å². The van der Waals surface area contributed by atoms with Gasteiger partial charge in [-0.3, -0.25) is 19.2 Å². The molecule has 4 atom stereocenters. The van der Waals surface area contributed by atoms with Crippen LogP contribution in [0.4, 0.5) is 0 Å². The molecule has 2 aromatic heterocycles. The van der Waals surface area contributed by atoms with Gasteiger partial charge in [0.2, 0.25) is 23.6 Å². The zero-order valence-corrected chi connectivity index (χ0v) is 21.4. The molecule has 0 aliphatic heterocycles. The monoisotopic (exact) mass is 556 g/mol. The maximum Gasteiger partial charge on any atom is 0.328 e. The number of carboxylic acid groups (broad SMARTS) is 1. The van der Waals surface area contributed by atoms with E-state index >= 15 is 0 Å². The average molecular weight is 557 g/mol. The predicted octanol–water partition coefficient (Wildman–Crippen LogP) is -2.20. The van der Waals surface area contributed by atoms with Crippen LogP contribution in [0.25, 0.3) is 10.9 Å². The van der Waals surface area contributed by atoms with Gasteiger partial charge in [0.25, 0.3) is 0 Å². The van der Waals surface area contributed by atoms with Crippen molar-refractivity contribution < 1.29 is 34.2 Å². The van der Waals surface area contributed by atoms with Gasteiger partial charge in [-0.05, 0) is 18.1 Å². The molecule has 0 saturated carbocycles. The van der Waals surface area contributed by atoms with Gasteiger partial charge < -0.3 is 47.6 Å². The molecule has 1 aromatic carbocycles. The van der Waals surface area contributed by atoms with Crippen molar-refractivity contribution in [2.24, 2.45) is 11.5 Å². The number of H-pyrrole nitrogens is 2. The summed E-state index contributed by atoms with van der Waals surface area (Å²) in [5.74, 6) is -4.43. The Balaban J connectivity index is 1.85. The lowest BCUT2D eigenvalue weighted by molar-refractivity contribution is -0.143. The van der Waals surface area contributed by atoms with E-state index in [1.54, 1.807) is 6.20 Å². The first kappa shape index (κ1) is 29.8. The van der Waals surface area contributed by atoms with Gasteiger partial charge in [-0.2, -0.15) is 0 Å². The third-order valence-electron chi connectivity index (χ3n) is 6.18. The lowest BCUT2D eigenvalue weighted by Crippen LogP contribution is -2.58. The second-order valence-corrected chi connectivity index (χ2v) is 9.16. The Bertz CT molecular complexity index is 1340. The zero-order chi connectivity index (χ0) is 29.2. The first-order chi connectivity index (χ1) is 19.1. The fraction of sp³-hybridized carbons (Fsp3) is 0.360. The highest BCUT2D eigenvalue weighted by atomic mass is 16.4. The molecule has 15 heteroatoms. The molecule has 3 aromatic rings. The van der Waals surface area contributed by atoms with Crippen LogP contribution in [0.2, 0.25) is 0 Å². The summed E-state index contributed by atoms with van der Waals surface area (Å²) < 4.78 is 0. The Hall–Kier alpha value is -4.76. The molecule has 4 amide bonds. The van der Waals surface area contributed by atoms with Crippen LogP contribution < -0.4 is 27.4 Å². The smallest absolute Gasteiger partial charge is 0.328 e. The number of aliphatic hydroxyl groups is 1. The summed E-state index contributed by atoms with van der Waals surface area (Å²) in [6, 6.07) is 2.10. The number of nitrogens with one attached hydrogen (secondary N) is 5. The van der Waals surface area contributed by atoms with Crippen LogP contribution in [-0.4, -0.2) is 85.5 Å². The Morgan fingerprint density at radius 1 is 0.925 bits per heavy atom. The van der Waals surface area contributed by atoms with Gasteiger partial charge >= 0.3 is 5.97 Å². The number of nitrogens with two attached hydrogens (primary N) is 2. The van der Waals surface area contributed by atoms with Crippen LogP contribution in [0.15, 0.2) is 43.0 Å². The molecule has 214 valence electrons. The molecule has 4 unspecified atom stereocenters. The number of hydrogen-bond donors (Lipinski definition) is 9. The van der Waals surface area contributed by atoms with Crippen molar-refractivity contribution in [3.8, 4) is 0 Å². The van der Waals surface area contributed by atoms with Gasteiger partial charge in [0.15, 0.2) is 0 Å². The molecule has 40 heavy (non-hydrogen) atoms. The number of carboxylic acids is 1. The number of aliphatic carboxylic acids is 1. The SMILES string of the molecule is NC(=O)CCC(N)C(=O)NC(Cc1c[nH]c2ccccc12)C(=O)NC(Cc1cnc[nH]1)C(=O)NC(CO)C(=O)O. The van der Waals surface area contributed by atoms with Crippen molar-refractivity contribution in [2.75, 3.05) is 6.61 Å². The van der Waals surface area contributed by atoms with Crippen LogP contribution in [0.1, 0.15) is 24.1 Å². The van der Waals surface area contributed by atoms with Crippen molar-refractivity contribution in [3.63, 3.8) is 0 Å². The molecule has 0 aliphatic carbocycles. The number of carbonyl (C=O) groups excluding carboxylic acids is 4. The zero-order valence-electron chi connectivity index (χ0n) is 21.4. The lowest BCUT2D eigenvalue weighted by Gasteiger charge is -2.25. The normalized spacial score (nSPS) is 14.1. The number of primary amides is 1. The number of fused-ring (bicyclic) bond motifs is 1. The number of amides is 4. The van der Waals surface area contributed by atoms with Crippen LogP contribution in [0, 0.1) is 0 Å². The standard InChI is InChI=1S/C25H32N8O7/c26-16(5-6-21(27)35)22(36)31-18(7-13-9-29-17-4-2-1-3-15(13)17)23(37)32-19(8-14-10-28-12-30-14)24(38)33-20(11-34)25(39)40/h1-4,9-10,12,16,18-20,29,34H,5-8,11,26H2,(H2,27,35)(H,28,30)(H,31,36)(H,32,37)(H,33,38)(H,39,40). The Morgan fingerprint density at radius 3 is 2.20 bits per heavy atom. The third-order valence-corrected chi connectivity index (χ3v) is 6.18. The minimum absolute atomic E-state index is 0.0108. The van der Waals surface area contributed by atoms with E-state index in [0.717, 1.165) is 10.9 Å². The second kappa shape index (κ2) is 13.9. The van der Waals surface area contributed by atoms with Crippen LogP contribution in [0.5, 0.6) is 0 Å². The topological polar surface area (TPSA) is 258 Å². The molecule has 15 nitrogen and oxygen atoms in total. The highest BCUT2D eigenvalue weighted by Crippen LogP contribution is 2.19. The van der Waals surface area contributed by atoms with Crippen molar-refractivity contribution >= 4 is 40.5 Å². The lowest BCUT2D eigenvalue weighted by atomic mass is 10.0. The van der Waals surface area contributed by atoms with Gasteiger partial charge in [-0.15, -0.1) is 0 Å². The molecular weight excluding hydrogens is 524 g/mol. The Labute approximate surface area is 228 Å². The Kier molecular flexibility index (Phi) is 10.3. The summed E-state index contributed by atoms with van der Waals surface area (Å²) in [6.07, 6.45) is 4.24. The summed E-state index contributed by atoms with van der Waals surface area (Å²) in [5, 5.41) is 26.7. The van der Waals surface area contributed by atoms with Gasteiger partial charge in [0.1, 0.15) is 18.1 Å². The summed E-state index contributed by atoms with van der Waals surface area (Å²) in [4.78, 5) is 71.6. The molecular formula is C25H32N8O7. The predicted molar refractivity (Wildman–Crippen MR) is 141 cm³/mol. The van der Waals surface area contributed by atoms with Gasteiger partial charge in [-0.1, -0.05) is 18.2 Å². The molecule has 0 radical (unpaired) electrons. The minimum atomic E-state index is -1.60. The number of nitrogens with zero attached hydrogens (tertiary/aromatic N) is 1. The quantitative estimate of drug-likeness (QED) is 0.0982. The van der Waals surface area contributed by atoms with Crippen molar-refractivity contribution in [1.82, 2.24) is 30.9 Å². The number of benzene rings is 1. The van der Waals surface area contributed by atoms with Gasteiger partial charge in [-0.25, -0.2) is 9.78 Å². The van der Waals surface area contributed by atoms with E-state index in [1.165, 1.54) is 12.5 Å². The van der Waals surface area contributed by atoms with E-state index in [-0.39, 0.29) is 25.7 Å². The van der Waals surface area contributed by atoms with Crippen LogP contribution >= 0.6 is 0 Å². The number of imidazole rings is 1. The first-order valence-corrected chi connectivity index (χ1v) is 12.4. The number of aromatic nitrogens is 3. The fourth-order valence-electron chi connectivity index (χ4n) is 3.99. The Morgan fingerprint density at radius 2 is 1.57 bits per heavy atom. The van der Waals surface area contributed by atoms with Gasteiger partial charge in [0, 0.05) is 48.3 Å². The summed E-state index contributed by atoms with van der Waals surface area (Å²) in [7, 11) is 0. The van der Waals surface area contributed by atoms with Crippen LogP contribution in [0.3, 0.4) is 0 Å². The maximum atomic E-state index is 13.5. The van der Waals surface area contributed by atoms with Crippen LogP contribution in [-0.2, 0) is 36.8 Å². The average Bonchev–Trinajstić information content (AvgIpc) is 3.59. The van der Waals surface area contributed by atoms with E-state index in [2.05, 4.69) is 30.9 Å². The molecule has 11 N–H and O–H groups in total. The molecule has 3 rings (SSSR count). The summed E-state index contributed by atoms with van der Waals surface area (Å²) >= 11 is 0. The number of carbonyl (C=O) groups is 5. The van der Waals surface area contributed by atoms with E-state index in [9.17, 15) is 34.2 Å². The molecule has 0 spiro atoms. The van der Waals surface area contributed by atoms with Crippen molar-refractivity contribution in [1.29, 1.82) is 0 Å². The summed E-state index contributed by atoms with van der Waals surface area (Å²) in [6.45, 7) is -0.867. The highest BCUT2D eigenvalue weighted by Gasteiger charge is 2.31. The highest BCUT2D eigenvalue weighted by molar-refractivity contribution is 5.95. The number of rotatable bonds is 15. The van der Waals surface area contributed by atoms with Gasteiger partial charge in [0.05, 0.1) is 19.0 Å². The van der Waals surface area contributed by atoms with Crippen molar-refractivity contribution in [2.45, 2.75) is 49.9 Å². The number of aromatic amines is 2. The first-order valence-electron chi connectivity index (χ1n) is 12.4. The number of aliphatic hydroxyl groups excluding tert-OH is 1. The fourth-order valence-corrected chi connectivity index (χ4v) is 3.99. The maximum absolute atomic E-state index is 13.5. The van der Waals surface area contributed by atoms with Crippen molar-refractivity contribution in [3.05, 3.63) is 54.2 Å². The van der Waals surface area contributed by atoms with E-state index in [0.29, 0.717) is 11.3 Å². The molecule has 0 fully saturated rings. The molecule has 0 saturated heterocycles. The number of para-hydroxylation sites is 1. The molecule has 0 aliphatic rings. The minimum Gasteiger partial charge on any atom is -0.480 e. The van der Waals surface area contributed by atoms with E-state index in [4.69, 9.17) is 11.5 Å². The largest absolute Gasteiger partial charge is 0.480 e.